The fraction of sp³-hybridized carbons (Fsp3) is 0. The first-order valence-corrected chi connectivity index (χ1v) is 15.3. The van der Waals surface area contributed by atoms with Crippen LogP contribution in [0.5, 0.6) is 0 Å². The molecule has 0 saturated carbocycles. The molecule has 0 radical (unpaired) electrons. The van der Waals surface area contributed by atoms with E-state index < -0.39 is 228 Å². The van der Waals surface area contributed by atoms with E-state index in [2.05, 4.69) is 0 Å². The molecule has 0 aromatic heterocycles. The van der Waals surface area contributed by atoms with Gasteiger partial charge in [-0.2, -0.15) is 0 Å². The average Bonchev–Trinajstić information content (AvgIpc) is 3.42. The maximum atomic E-state index is 10.2. The SMILES string of the molecule is [2H]c1c([2H])c(-c2c3c([2H])c([2H])c([2H])c([2H])c3c(-c3c([2H])c([2H])c4c([2H])c([2H])c([2H])c([2H])c4c3[2H])c3c([2H])c(-c4c([2H])c([2H])c5c([2H])c([2H])c([2H])c([2H])c5c4[2H])c([2H])c([2H])c23)c([2H])c([2H])c1-c1cccc2ccccc12. The van der Waals surface area contributed by atoms with Gasteiger partial charge in [-0.15, -0.1) is 0 Å². The summed E-state index contributed by atoms with van der Waals surface area (Å²) in [7, 11) is 0. The van der Waals surface area contributed by atoms with Gasteiger partial charge < -0.3 is 0 Å². The van der Waals surface area contributed by atoms with Crippen molar-refractivity contribution in [2.75, 3.05) is 0 Å². The summed E-state index contributed by atoms with van der Waals surface area (Å²) in [6.07, 6.45) is 0. The van der Waals surface area contributed by atoms with Crippen LogP contribution >= 0.6 is 0 Å². The molecule has 10 aromatic carbocycles. The molecule has 0 bridgehead atoms. The van der Waals surface area contributed by atoms with Crippen molar-refractivity contribution in [2.45, 2.75) is 0 Å². The maximum Gasteiger partial charge on any atom is 0.0636 e. The molecule has 0 N–H and O–H groups in total. The third-order valence-corrected chi connectivity index (χ3v) is 8.43. The lowest BCUT2D eigenvalue weighted by Gasteiger charge is -2.19. The van der Waals surface area contributed by atoms with E-state index in [4.69, 9.17) is 15.1 Å². The van der Waals surface area contributed by atoms with E-state index in [1.54, 1.807) is 42.5 Å². The largest absolute Gasteiger partial charge is 0.0636 e. The van der Waals surface area contributed by atoms with Crippen LogP contribution in [-0.4, -0.2) is 0 Å². The highest BCUT2D eigenvalue weighted by atomic mass is 14.2. The molecule has 0 heterocycles. The van der Waals surface area contributed by atoms with Crippen molar-refractivity contribution >= 4 is 53.9 Å². The lowest BCUT2D eigenvalue weighted by molar-refractivity contribution is 1.63. The van der Waals surface area contributed by atoms with Gasteiger partial charge >= 0.3 is 0 Å². The summed E-state index contributed by atoms with van der Waals surface area (Å²) < 4.78 is 230. The van der Waals surface area contributed by atoms with E-state index >= 15 is 0 Å². The van der Waals surface area contributed by atoms with Gasteiger partial charge in [0.25, 0.3) is 0 Å². The van der Waals surface area contributed by atoms with Crippen molar-refractivity contribution < 1.29 is 34.3 Å². The molecule has 0 amide bonds. The van der Waals surface area contributed by atoms with Crippen molar-refractivity contribution in [1.29, 1.82) is 0 Å². The Balaban J connectivity index is 1.53. The third-order valence-electron chi connectivity index (χ3n) is 8.43. The van der Waals surface area contributed by atoms with Crippen LogP contribution in [0.2, 0.25) is 0 Å². The van der Waals surface area contributed by atoms with Gasteiger partial charge in [0.1, 0.15) is 0 Å². The minimum Gasteiger partial charge on any atom is -0.0616 e. The number of rotatable bonds is 4. The summed E-state index contributed by atoms with van der Waals surface area (Å²) >= 11 is 0. The summed E-state index contributed by atoms with van der Waals surface area (Å²) in [6.45, 7) is 0. The minimum atomic E-state index is -1.05. The van der Waals surface area contributed by atoms with Gasteiger partial charge in [-0.3, -0.25) is 0 Å². The molecule has 10 rings (SSSR count). The molecule has 0 heteroatoms. The van der Waals surface area contributed by atoms with Gasteiger partial charge in [0.05, 0.1) is 34.3 Å². The smallest absolute Gasteiger partial charge is 0.0616 e. The fourth-order valence-corrected chi connectivity index (χ4v) is 6.17. The molecular weight excluding hydrogens is 601 g/mol. The second kappa shape index (κ2) is 11.6. The Labute approximate surface area is 326 Å². The molecule has 0 saturated heterocycles. The Morgan fingerprint density at radius 1 is 0.280 bits per heavy atom. The highest BCUT2D eigenvalue weighted by Gasteiger charge is 2.18. The molecule has 0 aliphatic heterocycles. The van der Waals surface area contributed by atoms with E-state index in [0.717, 1.165) is 0 Å². The van der Waals surface area contributed by atoms with Crippen LogP contribution in [0, 0.1) is 0 Å². The number of hydrogen-bond acceptors (Lipinski definition) is 0. The van der Waals surface area contributed by atoms with E-state index in [0.29, 0.717) is 10.8 Å². The van der Waals surface area contributed by atoms with Crippen molar-refractivity contribution in [3.8, 4) is 44.5 Å². The highest BCUT2D eigenvalue weighted by molar-refractivity contribution is 6.22. The van der Waals surface area contributed by atoms with Crippen LogP contribution in [0.25, 0.3) is 98.4 Å². The topological polar surface area (TPSA) is 0 Å². The second-order valence-electron chi connectivity index (χ2n) is 11.3. The number of hydrogen-bond donors (Lipinski definition) is 0. The minimum absolute atomic E-state index is 0.193. The standard InChI is InChI=1S/C50H32/c1-3-13-38-30-40(26-20-33(38)10-1)41-28-29-47-48(32-41)50(42-27-21-34-11-2-4-14-39(34)31-42)46-18-8-7-17-45(46)49(47)37-24-22-36(23-25-37)44-19-9-15-35-12-5-6-16-43(35)44/h1-32H/i1D,2D,3D,4D,7D,8D,10D,11D,13D,14D,17D,18D,20D,21D,22D,23D,24D,25D,26D,27D,28D,29D,30D,31D,32D. The molecule has 0 aliphatic rings. The van der Waals surface area contributed by atoms with Crippen LogP contribution in [-0.2, 0) is 0 Å². The second-order valence-corrected chi connectivity index (χ2v) is 11.3. The lowest BCUT2D eigenvalue weighted by Crippen LogP contribution is -1.92. The number of fused-ring (bicyclic) bond motifs is 5. The van der Waals surface area contributed by atoms with Gasteiger partial charge in [0, 0.05) is 0 Å². The Kier molecular flexibility index (Phi) is 3.03. The monoisotopic (exact) mass is 657 g/mol. The first kappa shape index (κ1) is 13.1. The van der Waals surface area contributed by atoms with Crippen LogP contribution in [0.4, 0.5) is 0 Å². The Bertz CT molecular complexity index is 4320. The summed E-state index contributed by atoms with van der Waals surface area (Å²) in [5.41, 5.74) is -4.51. The molecule has 10 aromatic rings. The number of benzene rings is 10. The van der Waals surface area contributed by atoms with E-state index in [1.807, 2.05) is 0 Å². The quantitative estimate of drug-likeness (QED) is 0.165. The van der Waals surface area contributed by atoms with Crippen molar-refractivity contribution in [3.63, 3.8) is 0 Å². The van der Waals surface area contributed by atoms with Crippen molar-refractivity contribution in [1.82, 2.24) is 0 Å². The molecule has 0 spiro atoms. The summed E-state index contributed by atoms with van der Waals surface area (Å²) in [5, 5.41) is -4.10. The van der Waals surface area contributed by atoms with E-state index in [9.17, 15) is 19.2 Å². The predicted molar refractivity (Wildman–Crippen MR) is 216 cm³/mol. The van der Waals surface area contributed by atoms with E-state index in [-0.39, 0.29) is 11.1 Å². The third kappa shape index (κ3) is 4.69. The Morgan fingerprint density at radius 2 is 0.780 bits per heavy atom. The van der Waals surface area contributed by atoms with Gasteiger partial charge in [-0.05, 0) is 116 Å². The highest BCUT2D eigenvalue weighted by Crippen LogP contribution is 2.46. The zero-order chi connectivity index (χ0) is 54.8. The summed E-state index contributed by atoms with van der Waals surface area (Å²) in [6, 6.07) is -10.3. The van der Waals surface area contributed by atoms with Gasteiger partial charge in [0.15, 0.2) is 0 Å². The van der Waals surface area contributed by atoms with Crippen molar-refractivity contribution in [3.05, 3.63) is 194 Å². The molecular formula is C50H32. The van der Waals surface area contributed by atoms with E-state index in [1.165, 1.54) is 0 Å². The van der Waals surface area contributed by atoms with Gasteiger partial charge in [-0.1, -0.05) is 175 Å². The fourth-order valence-electron chi connectivity index (χ4n) is 6.17. The normalized spacial score (nSPS) is 18.6. The molecule has 0 nitrogen and oxygen atoms in total. The van der Waals surface area contributed by atoms with Gasteiger partial charge in [-0.25, -0.2) is 0 Å². The molecule has 0 fully saturated rings. The summed E-state index contributed by atoms with van der Waals surface area (Å²) in [4.78, 5) is 0. The maximum absolute atomic E-state index is 10.2. The van der Waals surface area contributed by atoms with Gasteiger partial charge in [0.2, 0.25) is 0 Å². The molecule has 232 valence electrons. The van der Waals surface area contributed by atoms with Crippen LogP contribution in [0.15, 0.2) is 194 Å². The lowest BCUT2D eigenvalue weighted by atomic mass is 9.84. The van der Waals surface area contributed by atoms with Crippen LogP contribution in [0.3, 0.4) is 0 Å². The van der Waals surface area contributed by atoms with Crippen molar-refractivity contribution in [2.24, 2.45) is 0 Å². The average molecular weight is 658 g/mol. The molecule has 0 unspecified atom stereocenters. The summed E-state index contributed by atoms with van der Waals surface area (Å²) in [5.74, 6) is 0. The zero-order valence-corrected chi connectivity index (χ0v) is 25.5. The first-order chi connectivity index (χ1) is 35.2. The zero-order valence-electron chi connectivity index (χ0n) is 50.5. The molecule has 0 aliphatic carbocycles. The van der Waals surface area contributed by atoms with Crippen LogP contribution in [0.1, 0.15) is 34.3 Å². The first-order valence-electron chi connectivity index (χ1n) is 27.8. The van der Waals surface area contributed by atoms with Crippen LogP contribution < -0.4 is 0 Å². The molecule has 0 atom stereocenters. The Hall–Kier alpha value is -6.50. The predicted octanol–water partition coefficient (Wildman–Crippen LogP) is 14.1. The molecule has 50 heavy (non-hydrogen) atoms. The Morgan fingerprint density at radius 3 is 1.52 bits per heavy atom.